The van der Waals surface area contributed by atoms with Crippen molar-refractivity contribution in [3.05, 3.63) is 64.2 Å². The van der Waals surface area contributed by atoms with Crippen LogP contribution in [-0.4, -0.2) is 18.1 Å². The fourth-order valence-electron chi connectivity index (χ4n) is 2.40. The third-order valence-electron chi connectivity index (χ3n) is 3.59. The molecule has 6 heteroatoms. The van der Waals surface area contributed by atoms with Crippen LogP contribution in [0.5, 0.6) is 0 Å². The van der Waals surface area contributed by atoms with Crippen molar-refractivity contribution in [2.75, 3.05) is 0 Å². The van der Waals surface area contributed by atoms with Crippen molar-refractivity contribution < 1.29 is 19.2 Å². The molecule has 0 spiro atoms. The zero-order chi connectivity index (χ0) is 16.4. The van der Waals surface area contributed by atoms with Crippen LogP contribution in [0.3, 0.4) is 0 Å². The van der Waals surface area contributed by atoms with Crippen molar-refractivity contribution in [3.63, 3.8) is 0 Å². The van der Waals surface area contributed by atoms with E-state index in [0.717, 1.165) is 5.56 Å². The third-order valence-corrected chi connectivity index (χ3v) is 3.90. The molecule has 1 atom stereocenters. The number of carbonyl (C=O) groups is 1. The fraction of sp³-hybridized carbons (Fsp3) is 0.118. The number of fused-ring (bicyclic) bond motifs is 1. The Kier molecular flexibility index (Phi) is 4.40. The van der Waals surface area contributed by atoms with Crippen LogP contribution in [0.1, 0.15) is 27.6 Å². The van der Waals surface area contributed by atoms with Gasteiger partial charge in [-0.15, -0.1) is 6.42 Å². The monoisotopic (exact) mass is 326 g/mol. The van der Waals surface area contributed by atoms with Gasteiger partial charge in [0.25, 0.3) is 0 Å². The van der Waals surface area contributed by atoms with E-state index in [4.69, 9.17) is 27.4 Å². The number of ether oxygens (including phenoxy) is 1. The van der Waals surface area contributed by atoms with Crippen LogP contribution in [0.2, 0.25) is 5.02 Å². The normalized spacial score (nSPS) is 14.0. The highest BCUT2D eigenvalue weighted by molar-refractivity contribution is 6.61. The number of esters is 1. The van der Waals surface area contributed by atoms with Gasteiger partial charge in [-0.25, -0.2) is 4.79 Å². The molecule has 2 aromatic rings. The lowest BCUT2D eigenvalue weighted by atomic mass is 9.79. The molecule has 2 aromatic carbocycles. The van der Waals surface area contributed by atoms with Crippen molar-refractivity contribution >= 4 is 30.2 Å². The summed E-state index contributed by atoms with van der Waals surface area (Å²) in [6, 6.07) is 12.1. The van der Waals surface area contributed by atoms with Gasteiger partial charge in [-0.2, -0.15) is 0 Å². The Hall–Kier alpha value is -2.26. The van der Waals surface area contributed by atoms with E-state index in [-0.39, 0.29) is 17.2 Å². The summed E-state index contributed by atoms with van der Waals surface area (Å²) in [6.45, 7) is 0.253. The van der Waals surface area contributed by atoms with Crippen molar-refractivity contribution in [3.8, 4) is 12.3 Å². The molecule has 0 aliphatic carbocycles. The maximum absolute atomic E-state index is 12.4. The Morgan fingerprint density at radius 2 is 2.13 bits per heavy atom. The molecule has 1 unspecified atom stereocenters. The largest absolute Gasteiger partial charge is 0.491 e. The van der Waals surface area contributed by atoms with Crippen LogP contribution in [0.4, 0.5) is 0 Å². The smallest absolute Gasteiger partial charge is 0.441 e. The van der Waals surface area contributed by atoms with Gasteiger partial charge in [-0.3, -0.25) is 0 Å². The lowest BCUT2D eigenvalue weighted by molar-refractivity contribution is 0.0408. The minimum Gasteiger partial charge on any atom is -0.441 e. The minimum atomic E-state index is -1.06. The van der Waals surface area contributed by atoms with Gasteiger partial charge in [0, 0.05) is 5.56 Å². The number of benzene rings is 2. The molecule has 3 rings (SSSR count). The third kappa shape index (κ3) is 3.11. The van der Waals surface area contributed by atoms with E-state index < -0.39 is 19.2 Å². The molecule has 0 aromatic heterocycles. The zero-order valence-electron chi connectivity index (χ0n) is 12.0. The molecule has 1 aliphatic heterocycles. The molecule has 1 N–H and O–H groups in total. The molecule has 0 fully saturated rings. The Morgan fingerprint density at radius 3 is 2.83 bits per heavy atom. The first-order valence-electron chi connectivity index (χ1n) is 6.94. The SMILES string of the molecule is C#CC(OC(=O)c1cc2c(cc1Cl)COB2O)c1ccccc1. The van der Waals surface area contributed by atoms with Crippen molar-refractivity contribution in [2.45, 2.75) is 12.7 Å². The average molecular weight is 327 g/mol. The number of halogens is 1. The van der Waals surface area contributed by atoms with Gasteiger partial charge >= 0.3 is 13.1 Å². The molecule has 0 saturated carbocycles. The van der Waals surface area contributed by atoms with Gasteiger partial charge in [0.05, 0.1) is 17.2 Å². The van der Waals surface area contributed by atoms with Crippen molar-refractivity contribution in [1.29, 1.82) is 0 Å². The van der Waals surface area contributed by atoms with Gasteiger partial charge in [0.15, 0.2) is 6.10 Å². The van der Waals surface area contributed by atoms with E-state index in [9.17, 15) is 9.82 Å². The molecule has 0 amide bonds. The predicted octanol–water partition coefficient (Wildman–Crippen LogP) is 2.09. The highest BCUT2D eigenvalue weighted by Crippen LogP contribution is 2.24. The van der Waals surface area contributed by atoms with Crippen LogP contribution < -0.4 is 5.46 Å². The first kappa shape index (κ1) is 15.6. The highest BCUT2D eigenvalue weighted by Gasteiger charge is 2.30. The summed E-state index contributed by atoms with van der Waals surface area (Å²) >= 11 is 6.13. The second kappa shape index (κ2) is 6.47. The summed E-state index contributed by atoms with van der Waals surface area (Å²) in [6.07, 6.45) is 4.65. The lowest BCUT2D eigenvalue weighted by Gasteiger charge is -2.14. The Labute approximate surface area is 139 Å². The second-order valence-electron chi connectivity index (χ2n) is 5.06. The van der Waals surface area contributed by atoms with Crippen LogP contribution in [0, 0.1) is 12.3 Å². The molecule has 23 heavy (non-hydrogen) atoms. The van der Waals surface area contributed by atoms with Crippen LogP contribution in [0.15, 0.2) is 42.5 Å². The summed E-state index contributed by atoms with van der Waals surface area (Å²) in [4.78, 5) is 12.4. The number of hydrogen-bond donors (Lipinski definition) is 1. The van der Waals surface area contributed by atoms with Crippen molar-refractivity contribution in [1.82, 2.24) is 0 Å². The minimum absolute atomic E-state index is 0.145. The maximum atomic E-state index is 12.4. The summed E-state index contributed by atoms with van der Waals surface area (Å²) in [5.74, 6) is 1.79. The van der Waals surface area contributed by atoms with Crippen LogP contribution >= 0.6 is 11.6 Å². The van der Waals surface area contributed by atoms with Crippen molar-refractivity contribution in [2.24, 2.45) is 0 Å². The van der Waals surface area contributed by atoms with E-state index >= 15 is 0 Å². The highest BCUT2D eigenvalue weighted by atomic mass is 35.5. The molecule has 4 nitrogen and oxygen atoms in total. The van der Waals surface area contributed by atoms with Gasteiger partial charge in [-0.1, -0.05) is 47.9 Å². The quantitative estimate of drug-likeness (QED) is 0.533. The molecule has 1 heterocycles. The van der Waals surface area contributed by atoms with E-state index in [0.29, 0.717) is 11.0 Å². The Balaban J connectivity index is 1.86. The number of carbonyl (C=O) groups excluding carboxylic acids is 1. The van der Waals surface area contributed by atoms with Gasteiger partial charge in [-0.05, 0) is 23.2 Å². The maximum Gasteiger partial charge on any atom is 0.491 e. The van der Waals surface area contributed by atoms with Crippen LogP contribution in [-0.2, 0) is 16.0 Å². The first-order valence-corrected chi connectivity index (χ1v) is 7.32. The van der Waals surface area contributed by atoms with E-state index in [1.165, 1.54) is 6.07 Å². The average Bonchev–Trinajstić information content (AvgIpc) is 2.92. The topological polar surface area (TPSA) is 55.8 Å². The van der Waals surface area contributed by atoms with E-state index in [2.05, 4.69) is 5.92 Å². The predicted molar refractivity (Wildman–Crippen MR) is 87.3 cm³/mol. The molecule has 114 valence electrons. The molecule has 0 radical (unpaired) electrons. The fourth-order valence-corrected chi connectivity index (χ4v) is 2.66. The van der Waals surface area contributed by atoms with E-state index in [1.54, 1.807) is 18.2 Å². The summed E-state index contributed by atoms with van der Waals surface area (Å²) in [5, 5.41) is 9.97. The molecule has 0 bridgehead atoms. The summed E-state index contributed by atoms with van der Waals surface area (Å²) in [5.41, 5.74) is 2.10. The van der Waals surface area contributed by atoms with Gasteiger partial charge in [0.1, 0.15) is 0 Å². The zero-order valence-corrected chi connectivity index (χ0v) is 12.8. The summed E-state index contributed by atoms with van der Waals surface area (Å²) < 4.78 is 10.5. The van der Waals surface area contributed by atoms with Gasteiger partial charge in [0.2, 0.25) is 0 Å². The van der Waals surface area contributed by atoms with E-state index in [1.807, 2.05) is 18.2 Å². The summed E-state index contributed by atoms with van der Waals surface area (Å²) in [7, 11) is -1.06. The molecular weight excluding hydrogens is 314 g/mol. The Bertz CT molecular complexity index is 785. The number of rotatable bonds is 3. The first-order chi connectivity index (χ1) is 11.1. The molecular formula is C17H12BClO4. The van der Waals surface area contributed by atoms with Gasteiger partial charge < -0.3 is 14.4 Å². The van der Waals surface area contributed by atoms with Crippen LogP contribution in [0.25, 0.3) is 0 Å². The number of terminal acetylenes is 1. The Morgan fingerprint density at radius 1 is 1.39 bits per heavy atom. The lowest BCUT2D eigenvalue weighted by Crippen LogP contribution is -2.29. The standard InChI is InChI=1S/C17H12BClO4/c1-2-16(11-6-4-3-5-7-11)23-17(20)13-9-14-12(8-15(13)19)10-22-18(14)21/h1,3-9,16,21H,10H2. The second-order valence-corrected chi connectivity index (χ2v) is 5.46. The number of hydrogen-bond acceptors (Lipinski definition) is 4. The molecule has 1 aliphatic rings. The molecule has 0 saturated heterocycles.